The fourth-order valence-corrected chi connectivity index (χ4v) is 1.37. The molecule has 0 spiro atoms. The van der Waals surface area contributed by atoms with Crippen LogP contribution in [0.25, 0.3) is 0 Å². The van der Waals surface area contributed by atoms with Crippen molar-refractivity contribution in [1.82, 2.24) is 4.90 Å². The van der Waals surface area contributed by atoms with Crippen molar-refractivity contribution in [2.75, 3.05) is 19.4 Å². The number of hydrogen-bond acceptors (Lipinski definition) is 3. The number of benzene rings is 1. The van der Waals surface area contributed by atoms with Crippen molar-refractivity contribution in [2.45, 2.75) is 0 Å². The van der Waals surface area contributed by atoms with E-state index in [1.165, 1.54) is 29.2 Å². The van der Waals surface area contributed by atoms with Crippen molar-refractivity contribution in [2.24, 2.45) is 0 Å². The Balaban J connectivity index is 2.69. The maximum Gasteiger partial charge on any atom is 0.524 e. The van der Waals surface area contributed by atoms with E-state index in [9.17, 15) is 9.36 Å². The van der Waals surface area contributed by atoms with Crippen LogP contribution in [0.4, 0.5) is 10.5 Å². The molecule has 0 aromatic heterocycles. The number of carbonyl (C=O) groups is 1. The van der Waals surface area contributed by atoms with Gasteiger partial charge < -0.3 is 14.7 Å². The Hall–Kier alpha value is -1.56. The van der Waals surface area contributed by atoms with Crippen LogP contribution in [-0.4, -0.2) is 34.8 Å². The predicted octanol–water partition coefficient (Wildman–Crippen LogP) is 1.25. The van der Waals surface area contributed by atoms with Gasteiger partial charge in [-0.05, 0) is 24.3 Å². The number of phosphoric ester groups is 1. The lowest BCUT2D eigenvalue weighted by atomic mass is 10.3. The largest absolute Gasteiger partial charge is 0.524 e. The Labute approximate surface area is 98.2 Å². The summed E-state index contributed by atoms with van der Waals surface area (Å²) < 4.78 is 14.9. The molecule has 0 bridgehead atoms. The van der Waals surface area contributed by atoms with Crippen molar-refractivity contribution < 1.29 is 23.7 Å². The molecule has 94 valence electrons. The lowest BCUT2D eigenvalue weighted by Gasteiger charge is -2.12. The molecule has 2 amide bonds. The van der Waals surface area contributed by atoms with Crippen LogP contribution in [0.15, 0.2) is 24.3 Å². The molecule has 0 fully saturated rings. The normalized spacial score (nSPS) is 10.8. The predicted molar refractivity (Wildman–Crippen MR) is 61.8 cm³/mol. The fourth-order valence-electron chi connectivity index (χ4n) is 0.972. The molecule has 8 heteroatoms. The highest BCUT2D eigenvalue weighted by Gasteiger charge is 2.15. The van der Waals surface area contributed by atoms with Gasteiger partial charge in [0.05, 0.1) is 0 Å². The van der Waals surface area contributed by atoms with Crippen molar-refractivity contribution in [3.05, 3.63) is 24.3 Å². The van der Waals surface area contributed by atoms with E-state index in [2.05, 4.69) is 9.84 Å². The lowest BCUT2D eigenvalue weighted by molar-refractivity contribution is 0.230. The molecule has 0 heterocycles. The van der Waals surface area contributed by atoms with E-state index >= 15 is 0 Å². The molecule has 0 atom stereocenters. The molecule has 0 saturated carbocycles. The second-order valence-electron chi connectivity index (χ2n) is 3.43. The maximum atomic E-state index is 11.3. The quantitative estimate of drug-likeness (QED) is 0.710. The van der Waals surface area contributed by atoms with Gasteiger partial charge >= 0.3 is 13.9 Å². The summed E-state index contributed by atoms with van der Waals surface area (Å²) in [4.78, 5) is 29.8. The Morgan fingerprint density at radius 3 is 2.24 bits per heavy atom. The molecule has 3 N–H and O–H groups in total. The number of nitrogens with zero attached hydrogens (tertiary/aromatic N) is 1. The van der Waals surface area contributed by atoms with Crippen LogP contribution in [-0.2, 0) is 4.57 Å². The molecule has 1 aromatic rings. The maximum absolute atomic E-state index is 11.3. The average molecular weight is 260 g/mol. The van der Waals surface area contributed by atoms with Gasteiger partial charge in [-0.2, -0.15) is 0 Å². The number of amides is 2. The van der Waals surface area contributed by atoms with E-state index in [0.29, 0.717) is 5.69 Å². The van der Waals surface area contributed by atoms with E-state index in [-0.39, 0.29) is 11.8 Å². The highest BCUT2D eigenvalue weighted by Crippen LogP contribution is 2.37. The van der Waals surface area contributed by atoms with Crippen LogP contribution in [0.5, 0.6) is 5.75 Å². The van der Waals surface area contributed by atoms with Gasteiger partial charge in [0.2, 0.25) is 0 Å². The lowest BCUT2D eigenvalue weighted by Crippen LogP contribution is -2.27. The molecular weight excluding hydrogens is 247 g/mol. The summed E-state index contributed by atoms with van der Waals surface area (Å²) in [5.41, 5.74) is 0.502. The summed E-state index contributed by atoms with van der Waals surface area (Å²) >= 11 is 0. The second kappa shape index (κ2) is 5.18. The van der Waals surface area contributed by atoms with Gasteiger partial charge in [-0.3, -0.25) is 9.79 Å². The third kappa shape index (κ3) is 4.86. The number of nitrogens with one attached hydrogen (secondary N) is 1. The summed E-state index contributed by atoms with van der Waals surface area (Å²) in [6, 6.07) is 5.36. The molecule has 17 heavy (non-hydrogen) atoms. The summed E-state index contributed by atoms with van der Waals surface area (Å²) in [5.74, 6) is 0.0289. The zero-order valence-corrected chi connectivity index (χ0v) is 10.2. The molecule has 0 radical (unpaired) electrons. The number of urea groups is 1. The van der Waals surface area contributed by atoms with Gasteiger partial charge in [-0.25, -0.2) is 9.36 Å². The Morgan fingerprint density at radius 2 is 1.82 bits per heavy atom. The standard InChI is InChI=1S/C9H13N2O5P/c1-11(2)9(12)10-7-3-5-8(6-4-7)16-17(13,14)15/h3-6H,1-2H3,(H,10,12)(H2,13,14,15). The van der Waals surface area contributed by atoms with E-state index in [1.807, 2.05) is 0 Å². The second-order valence-corrected chi connectivity index (χ2v) is 4.59. The zero-order valence-electron chi connectivity index (χ0n) is 9.32. The Morgan fingerprint density at radius 1 is 1.29 bits per heavy atom. The van der Waals surface area contributed by atoms with Crippen molar-refractivity contribution in [1.29, 1.82) is 0 Å². The van der Waals surface area contributed by atoms with Crippen LogP contribution in [0.1, 0.15) is 0 Å². The van der Waals surface area contributed by atoms with Gasteiger partial charge in [-0.15, -0.1) is 0 Å². The summed E-state index contributed by atoms with van der Waals surface area (Å²) in [6.45, 7) is 0. The molecule has 0 aliphatic heterocycles. The zero-order chi connectivity index (χ0) is 13.1. The van der Waals surface area contributed by atoms with E-state index in [0.717, 1.165) is 0 Å². The van der Waals surface area contributed by atoms with Gasteiger partial charge in [0, 0.05) is 19.8 Å². The first kappa shape index (κ1) is 13.5. The van der Waals surface area contributed by atoms with Gasteiger partial charge in [0.1, 0.15) is 5.75 Å². The Bertz CT molecular complexity index is 439. The highest BCUT2D eigenvalue weighted by atomic mass is 31.2. The van der Waals surface area contributed by atoms with Gasteiger partial charge in [0.25, 0.3) is 0 Å². The number of carbonyl (C=O) groups excluding carboxylic acids is 1. The van der Waals surface area contributed by atoms with Crippen LogP contribution in [0, 0.1) is 0 Å². The Kier molecular flexibility index (Phi) is 4.11. The SMILES string of the molecule is CN(C)C(=O)Nc1ccc(OP(=O)(O)O)cc1. The van der Waals surface area contributed by atoms with Crippen LogP contribution in [0.3, 0.4) is 0 Å². The number of anilines is 1. The first-order chi connectivity index (χ1) is 7.78. The number of hydrogen-bond donors (Lipinski definition) is 3. The minimum atomic E-state index is -4.54. The van der Waals surface area contributed by atoms with Crippen molar-refractivity contribution in [3.63, 3.8) is 0 Å². The van der Waals surface area contributed by atoms with Crippen LogP contribution >= 0.6 is 7.82 Å². The number of phosphoric acid groups is 1. The number of rotatable bonds is 3. The van der Waals surface area contributed by atoms with E-state index < -0.39 is 7.82 Å². The first-order valence-electron chi connectivity index (χ1n) is 4.61. The van der Waals surface area contributed by atoms with E-state index in [4.69, 9.17) is 9.79 Å². The molecule has 0 aliphatic rings. The molecule has 1 aromatic carbocycles. The monoisotopic (exact) mass is 260 g/mol. The fraction of sp³-hybridized carbons (Fsp3) is 0.222. The van der Waals surface area contributed by atoms with E-state index in [1.54, 1.807) is 14.1 Å². The highest BCUT2D eigenvalue weighted by molar-refractivity contribution is 7.46. The molecule has 0 unspecified atom stereocenters. The molecule has 0 aliphatic carbocycles. The molecule has 1 rings (SSSR count). The average Bonchev–Trinajstić information content (AvgIpc) is 2.18. The third-order valence-corrected chi connectivity index (χ3v) is 2.18. The van der Waals surface area contributed by atoms with Crippen LogP contribution in [0.2, 0.25) is 0 Å². The van der Waals surface area contributed by atoms with Gasteiger partial charge in [0.15, 0.2) is 0 Å². The molecule has 0 saturated heterocycles. The van der Waals surface area contributed by atoms with Crippen molar-refractivity contribution in [3.8, 4) is 5.75 Å². The minimum absolute atomic E-state index is 0.0289. The third-order valence-electron chi connectivity index (χ3n) is 1.74. The minimum Gasteiger partial charge on any atom is -0.404 e. The smallest absolute Gasteiger partial charge is 0.404 e. The summed E-state index contributed by atoms with van der Waals surface area (Å²) in [5, 5.41) is 2.57. The summed E-state index contributed by atoms with van der Waals surface area (Å²) in [6.07, 6.45) is 0. The molecule has 7 nitrogen and oxygen atoms in total. The van der Waals surface area contributed by atoms with Gasteiger partial charge in [-0.1, -0.05) is 0 Å². The molecular formula is C9H13N2O5P. The topological polar surface area (TPSA) is 99.1 Å². The van der Waals surface area contributed by atoms with Crippen LogP contribution < -0.4 is 9.84 Å². The first-order valence-corrected chi connectivity index (χ1v) is 6.14. The summed E-state index contributed by atoms with van der Waals surface area (Å²) in [7, 11) is -1.35. The van der Waals surface area contributed by atoms with Crippen molar-refractivity contribution >= 4 is 19.5 Å².